The van der Waals surface area contributed by atoms with E-state index < -0.39 is 0 Å². The Balaban J connectivity index is 1.86. The predicted molar refractivity (Wildman–Crippen MR) is 97.1 cm³/mol. The molecule has 2 N–H and O–H groups in total. The van der Waals surface area contributed by atoms with Gasteiger partial charge in [0.1, 0.15) is 15.9 Å². The number of pyridine rings is 1. The number of benzene rings is 1. The number of thiophene rings is 1. The standard InChI is InChI=1S/C17H14BrN3OS/c1-8-6-9(2)19-17-12(8)13-14(23-17)16(22)21-15(20-13)10-4-3-5-11(18)7-10/h3-7,15,20H,1-2H3,(H,21,22)/t15-/m0/s1. The van der Waals surface area contributed by atoms with E-state index in [2.05, 4.69) is 44.5 Å². The molecular weight excluding hydrogens is 374 g/mol. The molecule has 3 aromatic rings. The highest BCUT2D eigenvalue weighted by Crippen LogP contribution is 2.41. The molecule has 1 aliphatic rings. The number of aromatic nitrogens is 1. The number of rotatable bonds is 1. The van der Waals surface area contributed by atoms with Crippen LogP contribution in [0.25, 0.3) is 10.2 Å². The van der Waals surface area contributed by atoms with Gasteiger partial charge >= 0.3 is 0 Å². The molecular formula is C17H14BrN3OS. The van der Waals surface area contributed by atoms with E-state index in [1.807, 2.05) is 31.2 Å². The Morgan fingerprint density at radius 3 is 2.83 bits per heavy atom. The molecule has 0 unspecified atom stereocenters. The van der Waals surface area contributed by atoms with E-state index in [9.17, 15) is 4.79 Å². The lowest BCUT2D eigenvalue weighted by Crippen LogP contribution is -2.37. The number of anilines is 1. The highest BCUT2D eigenvalue weighted by atomic mass is 79.9. The van der Waals surface area contributed by atoms with Crippen LogP contribution in [-0.2, 0) is 0 Å². The van der Waals surface area contributed by atoms with E-state index in [1.165, 1.54) is 11.3 Å². The van der Waals surface area contributed by atoms with E-state index in [4.69, 9.17) is 0 Å². The molecule has 3 heterocycles. The van der Waals surface area contributed by atoms with Crippen LogP contribution in [0.1, 0.15) is 32.7 Å². The fourth-order valence-electron chi connectivity index (χ4n) is 2.97. The summed E-state index contributed by atoms with van der Waals surface area (Å²) in [7, 11) is 0. The number of hydrogen-bond donors (Lipinski definition) is 2. The van der Waals surface area contributed by atoms with Crippen LogP contribution < -0.4 is 10.6 Å². The molecule has 0 aliphatic carbocycles. The zero-order chi connectivity index (χ0) is 16.1. The maximum absolute atomic E-state index is 12.5. The maximum Gasteiger partial charge on any atom is 0.265 e. The highest BCUT2D eigenvalue weighted by molar-refractivity contribution is 9.10. The fraction of sp³-hybridized carbons (Fsp3) is 0.176. The second-order valence-electron chi connectivity index (χ2n) is 5.67. The van der Waals surface area contributed by atoms with Crippen molar-refractivity contribution >= 4 is 49.1 Å². The average Bonchev–Trinajstić information content (AvgIpc) is 2.86. The Hall–Kier alpha value is -1.92. The number of carbonyl (C=O) groups excluding carboxylic acids is 1. The van der Waals surface area contributed by atoms with Crippen LogP contribution in [-0.4, -0.2) is 10.9 Å². The molecule has 0 radical (unpaired) electrons. The number of carbonyl (C=O) groups is 1. The van der Waals surface area contributed by atoms with Crippen LogP contribution in [0.2, 0.25) is 0 Å². The van der Waals surface area contributed by atoms with Gasteiger partial charge in [-0.1, -0.05) is 28.1 Å². The minimum atomic E-state index is -0.244. The van der Waals surface area contributed by atoms with Crippen molar-refractivity contribution < 1.29 is 4.79 Å². The minimum absolute atomic E-state index is 0.0521. The third kappa shape index (κ3) is 2.42. The highest BCUT2D eigenvalue weighted by Gasteiger charge is 2.29. The van der Waals surface area contributed by atoms with Gasteiger partial charge in [-0.25, -0.2) is 4.98 Å². The quantitative estimate of drug-likeness (QED) is 0.644. The molecule has 1 atom stereocenters. The molecule has 2 aromatic heterocycles. The van der Waals surface area contributed by atoms with Crippen molar-refractivity contribution in [1.82, 2.24) is 10.3 Å². The minimum Gasteiger partial charge on any atom is -0.360 e. The summed E-state index contributed by atoms with van der Waals surface area (Å²) < 4.78 is 0.987. The van der Waals surface area contributed by atoms with Crippen LogP contribution in [0.3, 0.4) is 0 Å². The normalized spacial score (nSPS) is 16.8. The lowest BCUT2D eigenvalue weighted by atomic mass is 10.1. The van der Waals surface area contributed by atoms with Gasteiger partial charge in [0.25, 0.3) is 5.91 Å². The van der Waals surface area contributed by atoms with Gasteiger partial charge in [-0.3, -0.25) is 4.79 Å². The van der Waals surface area contributed by atoms with Crippen molar-refractivity contribution in [3.8, 4) is 0 Å². The first-order valence-corrected chi connectivity index (χ1v) is 8.87. The Morgan fingerprint density at radius 2 is 2.04 bits per heavy atom. The van der Waals surface area contributed by atoms with Gasteiger partial charge in [0.2, 0.25) is 0 Å². The second-order valence-corrected chi connectivity index (χ2v) is 7.59. The summed E-state index contributed by atoms with van der Waals surface area (Å²) in [5, 5.41) is 7.54. The van der Waals surface area contributed by atoms with Gasteiger partial charge in [-0.2, -0.15) is 0 Å². The number of hydrogen-bond acceptors (Lipinski definition) is 4. The van der Waals surface area contributed by atoms with E-state index in [1.54, 1.807) is 0 Å². The summed E-state index contributed by atoms with van der Waals surface area (Å²) in [4.78, 5) is 18.7. The number of amides is 1. The zero-order valence-corrected chi connectivity index (χ0v) is 15.0. The molecule has 1 aromatic carbocycles. The lowest BCUT2D eigenvalue weighted by Gasteiger charge is -2.26. The van der Waals surface area contributed by atoms with Crippen molar-refractivity contribution in [3.05, 3.63) is 56.5 Å². The number of nitrogens with one attached hydrogen (secondary N) is 2. The summed E-state index contributed by atoms with van der Waals surface area (Å²) in [5.41, 5.74) is 4.01. The largest absolute Gasteiger partial charge is 0.360 e. The van der Waals surface area contributed by atoms with E-state index >= 15 is 0 Å². The summed E-state index contributed by atoms with van der Waals surface area (Å²) >= 11 is 4.92. The summed E-state index contributed by atoms with van der Waals surface area (Å²) in [6, 6.07) is 9.99. The molecule has 0 saturated heterocycles. The van der Waals surface area contributed by atoms with Crippen molar-refractivity contribution in [2.75, 3.05) is 5.32 Å². The van der Waals surface area contributed by atoms with Gasteiger partial charge in [-0.15, -0.1) is 11.3 Å². The number of halogens is 1. The predicted octanol–water partition coefficient (Wildman–Crippen LogP) is 4.53. The van der Waals surface area contributed by atoms with Crippen molar-refractivity contribution in [1.29, 1.82) is 0 Å². The first kappa shape index (κ1) is 14.7. The van der Waals surface area contributed by atoms with Crippen LogP contribution in [0.15, 0.2) is 34.8 Å². The molecule has 0 saturated carbocycles. The van der Waals surface area contributed by atoms with Crippen molar-refractivity contribution in [2.45, 2.75) is 20.0 Å². The van der Waals surface area contributed by atoms with Gasteiger partial charge in [0.15, 0.2) is 0 Å². The number of fused-ring (bicyclic) bond motifs is 3. The van der Waals surface area contributed by atoms with E-state index in [0.29, 0.717) is 4.88 Å². The van der Waals surface area contributed by atoms with Crippen LogP contribution >= 0.6 is 27.3 Å². The average molecular weight is 388 g/mol. The number of nitrogens with zero attached hydrogens (tertiary/aromatic N) is 1. The zero-order valence-electron chi connectivity index (χ0n) is 12.6. The Labute approximate surface area is 146 Å². The summed E-state index contributed by atoms with van der Waals surface area (Å²) in [6.45, 7) is 4.04. The van der Waals surface area contributed by atoms with Crippen LogP contribution in [0, 0.1) is 13.8 Å². The number of aryl methyl sites for hydroxylation is 2. The van der Waals surface area contributed by atoms with Crippen molar-refractivity contribution in [3.63, 3.8) is 0 Å². The fourth-order valence-corrected chi connectivity index (χ4v) is 4.55. The summed E-state index contributed by atoms with van der Waals surface area (Å²) in [5.74, 6) is -0.0521. The second kappa shape index (κ2) is 5.32. The first-order chi connectivity index (χ1) is 11.0. The molecule has 0 spiro atoms. The van der Waals surface area contributed by atoms with Gasteiger partial charge in [0.05, 0.1) is 5.69 Å². The van der Waals surface area contributed by atoms with Crippen LogP contribution in [0.5, 0.6) is 0 Å². The molecule has 0 bridgehead atoms. The molecule has 4 nitrogen and oxygen atoms in total. The van der Waals surface area contributed by atoms with Gasteiger partial charge in [0, 0.05) is 15.6 Å². The third-order valence-corrected chi connectivity index (χ3v) is 5.52. The smallest absolute Gasteiger partial charge is 0.265 e. The van der Waals surface area contributed by atoms with Gasteiger partial charge < -0.3 is 10.6 Å². The Kier molecular flexibility index (Phi) is 3.39. The third-order valence-electron chi connectivity index (χ3n) is 3.94. The monoisotopic (exact) mass is 387 g/mol. The van der Waals surface area contributed by atoms with E-state index in [0.717, 1.165) is 37.2 Å². The molecule has 23 heavy (non-hydrogen) atoms. The van der Waals surface area contributed by atoms with Crippen LogP contribution in [0.4, 0.5) is 5.69 Å². The van der Waals surface area contributed by atoms with Crippen molar-refractivity contribution in [2.24, 2.45) is 0 Å². The lowest BCUT2D eigenvalue weighted by molar-refractivity contribution is 0.0940. The Bertz CT molecular complexity index is 950. The van der Waals surface area contributed by atoms with E-state index in [-0.39, 0.29) is 12.1 Å². The van der Waals surface area contributed by atoms with Gasteiger partial charge in [-0.05, 0) is 43.2 Å². The molecule has 6 heteroatoms. The Morgan fingerprint density at radius 1 is 1.22 bits per heavy atom. The SMILES string of the molecule is Cc1cc(C)c2c3c(sc2n1)C(=O)N[C@@H](c1cccc(Br)c1)N3. The molecule has 4 rings (SSSR count). The summed E-state index contributed by atoms with van der Waals surface area (Å²) in [6.07, 6.45) is -0.244. The molecule has 1 aliphatic heterocycles. The molecule has 1 amide bonds. The molecule has 116 valence electrons. The molecule has 0 fully saturated rings. The first-order valence-electron chi connectivity index (χ1n) is 7.26. The topological polar surface area (TPSA) is 54.0 Å². The maximum atomic E-state index is 12.5.